The van der Waals surface area contributed by atoms with E-state index in [4.69, 9.17) is 0 Å². The lowest BCUT2D eigenvalue weighted by Gasteiger charge is -2.29. The Bertz CT molecular complexity index is 2790. The lowest BCUT2D eigenvalue weighted by molar-refractivity contribution is 1.24. The van der Waals surface area contributed by atoms with Crippen LogP contribution in [-0.2, 0) is 0 Å². The largest absolute Gasteiger partial charge is 0.310 e. The van der Waals surface area contributed by atoms with Gasteiger partial charge in [-0.1, -0.05) is 170 Å². The van der Waals surface area contributed by atoms with Crippen molar-refractivity contribution < 1.29 is 0 Å². The van der Waals surface area contributed by atoms with E-state index in [0.29, 0.717) is 0 Å². The molecule has 1 aliphatic rings. The first-order valence-corrected chi connectivity index (χ1v) is 19.8. The first kappa shape index (κ1) is 35.7. The Morgan fingerprint density at radius 1 is 0.579 bits per heavy atom. The van der Waals surface area contributed by atoms with E-state index in [9.17, 15) is 0 Å². The van der Waals surface area contributed by atoms with Gasteiger partial charge in [0.1, 0.15) is 0 Å². The number of pyridine rings is 1. The molecule has 274 valence electrons. The van der Waals surface area contributed by atoms with E-state index in [1.54, 1.807) is 0 Å². The van der Waals surface area contributed by atoms with Gasteiger partial charge in [0.15, 0.2) is 0 Å². The summed E-state index contributed by atoms with van der Waals surface area (Å²) in [7, 11) is 0. The number of hydrogen-bond donors (Lipinski definition) is 0. The number of hydrogen-bond acceptors (Lipinski definition) is 2. The molecule has 0 amide bonds. The van der Waals surface area contributed by atoms with Crippen molar-refractivity contribution >= 4 is 51.1 Å². The predicted octanol–water partition coefficient (Wildman–Crippen LogP) is 15.1. The van der Waals surface area contributed by atoms with E-state index in [-0.39, 0.29) is 0 Å². The first-order valence-electron chi connectivity index (χ1n) is 19.8. The third-order valence-corrected chi connectivity index (χ3v) is 11.2. The van der Waals surface area contributed by atoms with Crippen molar-refractivity contribution in [3.63, 3.8) is 0 Å². The monoisotopic (exact) mass is 732 g/mol. The molecule has 0 saturated carbocycles. The van der Waals surface area contributed by atoms with Crippen LogP contribution in [0.15, 0.2) is 188 Å². The van der Waals surface area contributed by atoms with Gasteiger partial charge in [-0.2, -0.15) is 0 Å². The Hall–Kier alpha value is -7.03. The highest BCUT2D eigenvalue weighted by molar-refractivity contribution is 6.05. The van der Waals surface area contributed by atoms with Gasteiger partial charge >= 0.3 is 0 Å². The minimum Gasteiger partial charge on any atom is -0.310 e. The lowest BCUT2D eigenvalue weighted by atomic mass is 9.94. The van der Waals surface area contributed by atoms with Crippen LogP contribution in [0.2, 0.25) is 0 Å². The number of anilines is 3. The fraction of sp³-hybridized carbons (Fsp3) is 0.0727. The van der Waals surface area contributed by atoms with Crippen molar-refractivity contribution in [2.75, 3.05) is 4.90 Å². The molecule has 2 nitrogen and oxygen atoms in total. The molecule has 7 aromatic carbocycles. The number of rotatable bonds is 9. The van der Waals surface area contributed by atoms with Gasteiger partial charge in [-0.3, -0.25) is 4.98 Å². The lowest BCUT2D eigenvalue weighted by Crippen LogP contribution is -2.12. The molecule has 0 atom stereocenters. The molecular weight excluding hydrogens is 689 g/mol. The van der Waals surface area contributed by atoms with Crippen molar-refractivity contribution in [2.45, 2.75) is 27.2 Å². The molecule has 2 heteroatoms. The predicted molar refractivity (Wildman–Crippen MR) is 244 cm³/mol. The summed E-state index contributed by atoms with van der Waals surface area (Å²) >= 11 is 0. The van der Waals surface area contributed by atoms with Crippen molar-refractivity contribution in [3.8, 4) is 22.3 Å². The van der Waals surface area contributed by atoms with Crippen LogP contribution < -0.4 is 4.90 Å². The van der Waals surface area contributed by atoms with E-state index >= 15 is 0 Å². The second kappa shape index (κ2) is 15.6. The van der Waals surface area contributed by atoms with Gasteiger partial charge in [0.05, 0.1) is 5.69 Å². The molecular formula is C55H44N2. The smallest absolute Gasteiger partial charge is 0.0540 e. The summed E-state index contributed by atoms with van der Waals surface area (Å²) in [4.78, 5) is 6.99. The second-order valence-corrected chi connectivity index (χ2v) is 14.8. The van der Waals surface area contributed by atoms with Gasteiger partial charge in [-0.15, -0.1) is 0 Å². The number of nitrogens with zero attached hydrogens (tertiary/aromatic N) is 2. The highest BCUT2D eigenvalue weighted by Gasteiger charge is 2.22. The fourth-order valence-corrected chi connectivity index (χ4v) is 8.40. The number of fused-ring (bicyclic) bond motifs is 4. The van der Waals surface area contributed by atoms with Crippen molar-refractivity contribution in [1.82, 2.24) is 4.98 Å². The molecule has 0 N–H and O–H groups in total. The molecule has 0 spiro atoms. The summed E-state index contributed by atoms with van der Waals surface area (Å²) in [5.74, 6) is 0. The molecule has 8 aromatic rings. The Morgan fingerprint density at radius 2 is 1.25 bits per heavy atom. The van der Waals surface area contributed by atoms with Crippen molar-refractivity contribution in [2.24, 2.45) is 0 Å². The van der Waals surface area contributed by atoms with Gasteiger partial charge in [0.25, 0.3) is 0 Å². The van der Waals surface area contributed by atoms with E-state index < -0.39 is 0 Å². The van der Waals surface area contributed by atoms with Gasteiger partial charge in [-0.25, -0.2) is 0 Å². The molecule has 57 heavy (non-hydrogen) atoms. The topological polar surface area (TPSA) is 16.1 Å². The zero-order valence-electron chi connectivity index (χ0n) is 32.7. The Morgan fingerprint density at radius 3 is 1.95 bits per heavy atom. The minimum atomic E-state index is 0.928. The summed E-state index contributed by atoms with van der Waals surface area (Å²) in [6.07, 6.45) is 13.8. The van der Waals surface area contributed by atoms with E-state index in [0.717, 1.165) is 34.6 Å². The standard InChI is InChI=1S/C55H44N2/c1-4-40(41-16-6-5-7-17-41)35-43-28-30-45(36-53(43)44-19-15-33-56-37-44)57(54-31-27-38(2)34-39(54)3)55-32-29-42(46-20-8-13-25-52(46)55)18-14-26-51-49-23-11-9-21-47(49)48-22-10-12-24-50(48)51/h5-37H,4H2,1-3H3. The van der Waals surface area contributed by atoms with Crippen LogP contribution >= 0.6 is 0 Å². The van der Waals surface area contributed by atoms with Gasteiger partial charge in [0.2, 0.25) is 0 Å². The average molecular weight is 733 g/mol. The maximum Gasteiger partial charge on any atom is 0.0540 e. The summed E-state index contributed by atoms with van der Waals surface area (Å²) in [6, 6.07) is 59.3. The highest BCUT2D eigenvalue weighted by Crippen LogP contribution is 2.45. The normalized spacial score (nSPS) is 12.2. The molecule has 0 radical (unpaired) electrons. The van der Waals surface area contributed by atoms with Gasteiger partial charge < -0.3 is 4.90 Å². The number of aromatic nitrogens is 1. The Labute approximate surface area is 336 Å². The van der Waals surface area contributed by atoms with Crippen LogP contribution in [0, 0.1) is 13.8 Å². The highest BCUT2D eigenvalue weighted by atomic mass is 15.1. The molecule has 1 aromatic heterocycles. The van der Waals surface area contributed by atoms with E-state index in [2.05, 4.69) is 213 Å². The zero-order valence-corrected chi connectivity index (χ0v) is 32.7. The van der Waals surface area contributed by atoms with E-state index in [1.165, 1.54) is 72.0 Å². The van der Waals surface area contributed by atoms with Crippen molar-refractivity contribution in [3.05, 3.63) is 227 Å². The molecule has 0 aliphatic heterocycles. The molecule has 0 unspecified atom stereocenters. The SMILES string of the molecule is CCC(=Cc1ccc(N(c2ccc(C)cc2C)c2ccc(C=CC=C3c4ccccc4-c4ccccc43)c3ccccc23)cc1-c1cccnc1)c1ccccc1. The van der Waals surface area contributed by atoms with Crippen LogP contribution in [-0.4, -0.2) is 4.98 Å². The van der Waals surface area contributed by atoms with Crippen LogP contribution in [0.1, 0.15) is 52.3 Å². The van der Waals surface area contributed by atoms with Crippen LogP contribution in [0.25, 0.3) is 56.3 Å². The van der Waals surface area contributed by atoms with Crippen LogP contribution in [0.4, 0.5) is 17.1 Å². The third-order valence-electron chi connectivity index (χ3n) is 11.2. The summed E-state index contributed by atoms with van der Waals surface area (Å²) in [6.45, 7) is 6.61. The summed E-state index contributed by atoms with van der Waals surface area (Å²) < 4.78 is 0. The second-order valence-electron chi connectivity index (χ2n) is 14.8. The Balaban J connectivity index is 1.18. The molecule has 9 rings (SSSR count). The third kappa shape index (κ3) is 6.92. The van der Waals surface area contributed by atoms with Crippen LogP contribution in [0.5, 0.6) is 0 Å². The fourth-order valence-electron chi connectivity index (χ4n) is 8.40. The molecule has 1 aliphatic carbocycles. The minimum absolute atomic E-state index is 0.928. The molecule has 0 saturated heterocycles. The summed E-state index contributed by atoms with van der Waals surface area (Å²) in [5.41, 5.74) is 19.4. The quantitative estimate of drug-likeness (QED) is 0.137. The number of aryl methyl sites for hydroxylation is 2. The summed E-state index contributed by atoms with van der Waals surface area (Å²) in [5, 5.41) is 2.39. The average Bonchev–Trinajstić information content (AvgIpc) is 3.58. The number of allylic oxidation sites excluding steroid dienone is 3. The zero-order chi connectivity index (χ0) is 38.7. The van der Waals surface area contributed by atoms with Crippen LogP contribution in [0.3, 0.4) is 0 Å². The Kier molecular flexibility index (Phi) is 9.76. The molecule has 0 bridgehead atoms. The number of benzene rings is 7. The van der Waals surface area contributed by atoms with E-state index in [1.807, 2.05) is 18.5 Å². The van der Waals surface area contributed by atoms with Gasteiger partial charge in [0, 0.05) is 34.7 Å². The molecule has 0 fully saturated rings. The maximum atomic E-state index is 4.55. The van der Waals surface area contributed by atoms with Crippen molar-refractivity contribution in [1.29, 1.82) is 0 Å². The van der Waals surface area contributed by atoms with Gasteiger partial charge in [-0.05, 0) is 117 Å². The maximum absolute atomic E-state index is 4.55. The molecule has 1 heterocycles. The first-order chi connectivity index (χ1) is 28.1.